The summed E-state index contributed by atoms with van der Waals surface area (Å²) in [6.45, 7) is 4.31. The molecule has 1 aliphatic rings. The second kappa shape index (κ2) is 5.46. The normalized spacial score (nSPS) is 23.8. The highest BCUT2D eigenvalue weighted by Gasteiger charge is 2.26. The number of carbonyl (C=O) groups is 1. The summed E-state index contributed by atoms with van der Waals surface area (Å²) in [5.74, 6) is -0.949. The topological polar surface area (TPSA) is 71.5 Å². The average Bonchev–Trinajstić information content (AvgIpc) is 2.38. The van der Waals surface area contributed by atoms with Crippen molar-refractivity contribution in [2.75, 3.05) is 13.2 Å². The molecule has 1 unspecified atom stereocenters. The van der Waals surface area contributed by atoms with Crippen LogP contribution in [0.3, 0.4) is 0 Å². The van der Waals surface area contributed by atoms with Gasteiger partial charge in [0, 0.05) is 24.9 Å². The third-order valence-corrected chi connectivity index (χ3v) is 3.21. The van der Waals surface area contributed by atoms with E-state index in [-0.39, 0.29) is 11.1 Å². The Bertz CT molecular complexity index is 411. The van der Waals surface area contributed by atoms with Gasteiger partial charge >= 0.3 is 5.97 Å². The lowest BCUT2D eigenvalue weighted by Gasteiger charge is -2.34. The number of carboxylic acids is 1. The molecule has 1 aliphatic heterocycles. The number of hydrogen-bond donors (Lipinski definition) is 2. The Balaban J connectivity index is 1.91. The minimum absolute atomic E-state index is 0.00853. The highest BCUT2D eigenvalue weighted by atomic mass is 16.5. The van der Waals surface area contributed by atoms with Crippen LogP contribution >= 0.6 is 0 Å². The van der Waals surface area contributed by atoms with Crippen LogP contribution in [0.5, 0.6) is 0 Å². The van der Waals surface area contributed by atoms with E-state index in [4.69, 9.17) is 9.84 Å². The number of nitrogens with zero attached hydrogens (tertiary/aromatic N) is 1. The zero-order valence-corrected chi connectivity index (χ0v) is 10.5. The van der Waals surface area contributed by atoms with Gasteiger partial charge in [-0.2, -0.15) is 0 Å². The second-order valence-corrected chi connectivity index (χ2v) is 4.91. The molecule has 1 saturated heterocycles. The van der Waals surface area contributed by atoms with Gasteiger partial charge in [-0.05, 0) is 31.9 Å². The number of rotatable bonds is 4. The maximum Gasteiger partial charge on any atom is 0.337 e. The number of aromatic carboxylic acids is 1. The third-order valence-electron chi connectivity index (χ3n) is 3.21. The van der Waals surface area contributed by atoms with Gasteiger partial charge in [0.25, 0.3) is 0 Å². The summed E-state index contributed by atoms with van der Waals surface area (Å²) >= 11 is 0. The van der Waals surface area contributed by atoms with Crippen LogP contribution in [-0.4, -0.2) is 34.8 Å². The standard InChI is InChI=1S/C13H18N2O3/c1-13(5-2-6-18-9-13)15-8-11-4-3-10(7-14-11)12(16)17/h3-4,7,15H,2,5-6,8-9H2,1H3,(H,16,17). The van der Waals surface area contributed by atoms with Gasteiger partial charge in [-0.3, -0.25) is 4.98 Å². The average molecular weight is 250 g/mol. The number of hydrogen-bond acceptors (Lipinski definition) is 4. The van der Waals surface area contributed by atoms with E-state index in [0.29, 0.717) is 13.2 Å². The number of nitrogens with one attached hydrogen (secondary N) is 1. The SMILES string of the molecule is CC1(NCc2ccc(C(=O)O)cn2)CCCOC1. The first-order valence-corrected chi connectivity index (χ1v) is 6.10. The van der Waals surface area contributed by atoms with Crippen LogP contribution in [0.25, 0.3) is 0 Å². The van der Waals surface area contributed by atoms with Crippen molar-refractivity contribution in [3.63, 3.8) is 0 Å². The van der Waals surface area contributed by atoms with Crippen LogP contribution < -0.4 is 5.32 Å². The fourth-order valence-corrected chi connectivity index (χ4v) is 2.03. The monoisotopic (exact) mass is 250 g/mol. The first-order chi connectivity index (χ1) is 8.59. The lowest BCUT2D eigenvalue weighted by atomic mass is 9.95. The van der Waals surface area contributed by atoms with Crippen molar-refractivity contribution in [3.05, 3.63) is 29.6 Å². The van der Waals surface area contributed by atoms with Crippen LogP contribution in [-0.2, 0) is 11.3 Å². The molecule has 2 heterocycles. The first kappa shape index (κ1) is 13.0. The molecule has 18 heavy (non-hydrogen) atoms. The summed E-state index contributed by atoms with van der Waals surface area (Å²) < 4.78 is 5.46. The second-order valence-electron chi connectivity index (χ2n) is 4.91. The fraction of sp³-hybridized carbons (Fsp3) is 0.538. The Morgan fingerprint density at radius 1 is 1.61 bits per heavy atom. The molecular weight excluding hydrogens is 232 g/mol. The minimum atomic E-state index is -0.949. The summed E-state index contributed by atoms with van der Waals surface area (Å²) in [6.07, 6.45) is 3.54. The fourth-order valence-electron chi connectivity index (χ4n) is 2.03. The molecule has 0 amide bonds. The van der Waals surface area contributed by atoms with Gasteiger partial charge in [0.15, 0.2) is 0 Å². The zero-order chi connectivity index (χ0) is 13.0. The van der Waals surface area contributed by atoms with E-state index in [1.807, 2.05) is 0 Å². The van der Waals surface area contributed by atoms with Crippen molar-refractivity contribution in [1.82, 2.24) is 10.3 Å². The van der Waals surface area contributed by atoms with Crippen LogP contribution in [0.1, 0.15) is 35.8 Å². The molecule has 0 bridgehead atoms. The Morgan fingerprint density at radius 3 is 3.00 bits per heavy atom. The van der Waals surface area contributed by atoms with E-state index >= 15 is 0 Å². The largest absolute Gasteiger partial charge is 0.478 e. The van der Waals surface area contributed by atoms with E-state index in [1.165, 1.54) is 6.20 Å². The first-order valence-electron chi connectivity index (χ1n) is 6.10. The Morgan fingerprint density at radius 2 is 2.44 bits per heavy atom. The highest BCUT2D eigenvalue weighted by Crippen LogP contribution is 2.18. The molecule has 0 aromatic carbocycles. The van der Waals surface area contributed by atoms with Crippen molar-refractivity contribution in [2.45, 2.75) is 31.8 Å². The number of carboxylic acid groups (broad SMARTS) is 1. The molecule has 1 aromatic heterocycles. The summed E-state index contributed by atoms with van der Waals surface area (Å²) in [5.41, 5.74) is 1.04. The van der Waals surface area contributed by atoms with Crippen molar-refractivity contribution in [2.24, 2.45) is 0 Å². The molecule has 1 fully saturated rings. The predicted molar refractivity (Wildman–Crippen MR) is 66.5 cm³/mol. The van der Waals surface area contributed by atoms with E-state index in [1.54, 1.807) is 12.1 Å². The molecule has 1 aromatic rings. The highest BCUT2D eigenvalue weighted by molar-refractivity contribution is 5.87. The number of aromatic nitrogens is 1. The number of ether oxygens (including phenoxy) is 1. The van der Waals surface area contributed by atoms with E-state index in [0.717, 1.165) is 25.1 Å². The molecule has 0 spiro atoms. The van der Waals surface area contributed by atoms with Gasteiger partial charge in [0.05, 0.1) is 17.9 Å². The van der Waals surface area contributed by atoms with Crippen molar-refractivity contribution in [3.8, 4) is 0 Å². The quantitative estimate of drug-likeness (QED) is 0.846. The van der Waals surface area contributed by atoms with Crippen molar-refractivity contribution in [1.29, 1.82) is 0 Å². The Labute approximate surface area is 106 Å². The van der Waals surface area contributed by atoms with E-state index in [2.05, 4.69) is 17.2 Å². The molecule has 5 nitrogen and oxygen atoms in total. The molecule has 0 saturated carbocycles. The minimum Gasteiger partial charge on any atom is -0.478 e. The van der Waals surface area contributed by atoms with Crippen LogP contribution in [0.2, 0.25) is 0 Å². The van der Waals surface area contributed by atoms with Crippen LogP contribution in [0.4, 0.5) is 0 Å². The van der Waals surface area contributed by atoms with Gasteiger partial charge in [0.1, 0.15) is 0 Å². The van der Waals surface area contributed by atoms with Crippen molar-refractivity contribution < 1.29 is 14.6 Å². The van der Waals surface area contributed by atoms with Gasteiger partial charge in [-0.1, -0.05) is 0 Å². The van der Waals surface area contributed by atoms with Crippen LogP contribution in [0.15, 0.2) is 18.3 Å². The van der Waals surface area contributed by atoms with Crippen LogP contribution in [0, 0.1) is 0 Å². The molecule has 5 heteroatoms. The Kier molecular flexibility index (Phi) is 3.93. The molecule has 2 rings (SSSR count). The Hall–Kier alpha value is -1.46. The molecule has 2 N–H and O–H groups in total. The zero-order valence-electron chi connectivity index (χ0n) is 10.5. The van der Waals surface area contributed by atoms with Gasteiger partial charge in [-0.25, -0.2) is 4.79 Å². The predicted octanol–water partition coefficient (Wildman–Crippen LogP) is 1.44. The van der Waals surface area contributed by atoms with E-state index in [9.17, 15) is 4.79 Å². The summed E-state index contributed by atoms with van der Waals surface area (Å²) in [5, 5.41) is 12.2. The lowest BCUT2D eigenvalue weighted by Crippen LogP contribution is -2.48. The molecule has 0 aliphatic carbocycles. The molecule has 0 radical (unpaired) electrons. The summed E-state index contributed by atoms with van der Waals surface area (Å²) in [6, 6.07) is 3.32. The van der Waals surface area contributed by atoms with Gasteiger partial charge in [-0.15, -0.1) is 0 Å². The molecular formula is C13H18N2O3. The smallest absolute Gasteiger partial charge is 0.337 e. The van der Waals surface area contributed by atoms with Crippen molar-refractivity contribution >= 4 is 5.97 Å². The summed E-state index contributed by atoms with van der Waals surface area (Å²) in [7, 11) is 0. The maximum absolute atomic E-state index is 10.7. The molecule has 98 valence electrons. The third kappa shape index (κ3) is 3.27. The maximum atomic E-state index is 10.7. The summed E-state index contributed by atoms with van der Waals surface area (Å²) in [4.78, 5) is 14.8. The van der Waals surface area contributed by atoms with E-state index < -0.39 is 5.97 Å². The molecule has 1 atom stereocenters. The number of pyridine rings is 1. The lowest BCUT2D eigenvalue weighted by molar-refractivity contribution is 0.0276. The van der Waals surface area contributed by atoms with Gasteiger partial charge < -0.3 is 15.2 Å². The van der Waals surface area contributed by atoms with Gasteiger partial charge in [0.2, 0.25) is 0 Å².